The Hall–Kier alpha value is 0. The molecule has 0 amide bonds. The van der Waals surface area contributed by atoms with Gasteiger partial charge in [-0.3, -0.25) is 0 Å². The van der Waals surface area contributed by atoms with Gasteiger partial charge in [0.2, 0.25) is 0 Å². The average Bonchev–Trinajstić information content (AvgIpc) is 3.13. The maximum atomic E-state index is 2.71. The van der Waals surface area contributed by atoms with E-state index in [1.54, 1.807) is 25.7 Å². The van der Waals surface area contributed by atoms with Crippen molar-refractivity contribution in [2.24, 2.45) is 52.8 Å². The molecule has 0 aliphatic heterocycles. The molecule has 4 aliphatic rings. The van der Waals surface area contributed by atoms with Gasteiger partial charge in [-0.05, 0) is 91.3 Å². The standard InChI is InChI=1S/C23H40.C3H8/c1-15-13-16(2)21(14-15)23(3,4)22-19-11-7-5-9-17(19)18-10-6-8-12-20(18)22;1-3-2/h15-22H,5-14H2,1-4H3;3H2,1-2H3. The molecule has 152 valence electrons. The maximum Gasteiger partial charge on any atom is -0.0289 e. The van der Waals surface area contributed by atoms with Crippen LogP contribution >= 0.6 is 0 Å². The molecule has 0 heteroatoms. The molecule has 0 saturated heterocycles. The predicted molar refractivity (Wildman–Crippen MR) is 115 cm³/mol. The minimum absolute atomic E-state index is 0.585. The lowest BCUT2D eigenvalue weighted by Crippen LogP contribution is -2.40. The highest BCUT2D eigenvalue weighted by Gasteiger charge is 2.57. The van der Waals surface area contributed by atoms with E-state index in [1.807, 2.05) is 0 Å². The van der Waals surface area contributed by atoms with E-state index < -0.39 is 0 Å². The minimum Gasteiger partial charge on any atom is -0.0656 e. The molecule has 4 fully saturated rings. The summed E-state index contributed by atoms with van der Waals surface area (Å²) in [6, 6.07) is 0. The molecule has 0 spiro atoms. The van der Waals surface area contributed by atoms with Gasteiger partial charge in [0.1, 0.15) is 0 Å². The molecule has 4 rings (SSSR count). The van der Waals surface area contributed by atoms with E-state index in [-0.39, 0.29) is 0 Å². The van der Waals surface area contributed by atoms with Crippen molar-refractivity contribution in [1.29, 1.82) is 0 Å². The third kappa shape index (κ3) is 3.77. The highest BCUT2D eigenvalue weighted by Crippen LogP contribution is 2.65. The first-order chi connectivity index (χ1) is 12.4. The van der Waals surface area contributed by atoms with Gasteiger partial charge in [0.25, 0.3) is 0 Å². The minimum atomic E-state index is 0.585. The molecule has 0 heterocycles. The Morgan fingerprint density at radius 2 is 1.12 bits per heavy atom. The lowest BCUT2D eigenvalue weighted by molar-refractivity contribution is 0.0147. The van der Waals surface area contributed by atoms with Crippen LogP contribution in [-0.4, -0.2) is 0 Å². The van der Waals surface area contributed by atoms with Gasteiger partial charge in [-0.15, -0.1) is 0 Å². The molecule has 0 aromatic carbocycles. The Kier molecular flexibility index (Phi) is 6.83. The van der Waals surface area contributed by atoms with E-state index in [0.717, 1.165) is 47.3 Å². The summed E-state index contributed by atoms with van der Waals surface area (Å²) in [5.41, 5.74) is 0.585. The fourth-order valence-corrected chi connectivity index (χ4v) is 8.60. The summed E-state index contributed by atoms with van der Waals surface area (Å²) >= 11 is 0. The smallest absolute Gasteiger partial charge is 0.0289 e. The van der Waals surface area contributed by atoms with E-state index in [4.69, 9.17) is 0 Å². The Labute approximate surface area is 165 Å². The van der Waals surface area contributed by atoms with E-state index >= 15 is 0 Å². The Morgan fingerprint density at radius 3 is 1.50 bits per heavy atom. The summed E-state index contributed by atoms with van der Waals surface area (Å²) in [5.74, 6) is 8.40. The van der Waals surface area contributed by atoms with Gasteiger partial charge >= 0.3 is 0 Å². The van der Waals surface area contributed by atoms with Gasteiger partial charge in [0, 0.05) is 0 Å². The van der Waals surface area contributed by atoms with Crippen LogP contribution in [0.25, 0.3) is 0 Å². The molecule has 7 atom stereocenters. The Morgan fingerprint density at radius 1 is 0.692 bits per heavy atom. The van der Waals surface area contributed by atoms with Crippen molar-refractivity contribution >= 4 is 0 Å². The molecule has 7 unspecified atom stereocenters. The number of rotatable bonds is 2. The second kappa shape index (κ2) is 8.57. The first kappa shape index (κ1) is 20.7. The molecule has 0 radical (unpaired) electrons. The highest BCUT2D eigenvalue weighted by atomic mass is 14.6. The third-order valence-electron chi connectivity index (χ3n) is 9.15. The monoisotopic (exact) mass is 360 g/mol. The van der Waals surface area contributed by atoms with Crippen molar-refractivity contribution in [2.45, 2.75) is 112 Å². The summed E-state index contributed by atoms with van der Waals surface area (Å²) in [4.78, 5) is 0. The quantitative estimate of drug-likeness (QED) is 0.464. The van der Waals surface area contributed by atoms with Gasteiger partial charge in [0.15, 0.2) is 0 Å². The molecular formula is C26H48. The highest BCUT2D eigenvalue weighted by molar-refractivity contribution is 5.06. The van der Waals surface area contributed by atoms with Gasteiger partial charge in [-0.1, -0.05) is 73.6 Å². The lowest BCUT2D eigenvalue weighted by Gasteiger charge is -2.47. The third-order valence-corrected chi connectivity index (χ3v) is 9.15. The molecule has 4 saturated carbocycles. The summed E-state index contributed by atoms with van der Waals surface area (Å²) in [5, 5.41) is 0. The van der Waals surface area contributed by atoms with Crippen LogP contribution in [-0.2, 0) is 0 Å². The number of fused-ring (bicyclic) bond motifs is 3. The normalized spacial score (nSPS) is 45.5. The summed E-state index contributed by atoms with van der Waals surface area (Å²) in [6.45, 7) is 14.7. The van der Waals surface area contributed by atoms with E-state index in [1.165, 1.54) is 44.9 Å². The zero-order valence-corrected chi connectivity index (χ0v) is 18.9. The van der Waals surface area contributed by atoms with Crippen molar-refractivity contribution in [1.82, 2.24) is 0 Å². The van der Waals surface area contributed by atoms with Crippen LogP contribution in [0, 0.1) is 52.8 Å². The maximum absolute atomic E-state index is 2.71. The molecule has 0 N–H and O–H groups in total. The number of hydrogen-bond acceptors (Lipinski definition) is 0. The van der Waals surface area contributed by atoms with Crippen molar-refractivity contribution < 1.29 is 0 Å². The van der Waals surface area contributed by atoms with Crippen molar-refractivity contribution in [3.63, 3.8) is 0 Å². The molecule has 26 heavy (non-hydrogen) atoms. The van der Waals surface area contributed by atoms with Crippen LogP contribution < -0.4 is 0 Å². The van der Waals surface area contributed by atoms with E-state index in [2.05, 4.69) is 41.5 Å². The van der Waals surface area contributed by atoms with Crippen molar-refractivity contribution in [3.8, 4) is 0 Å². The van der Waals surface area contributed by atoms with Crippen LogP contribution in [0.1, 0.15) is 112 Å². The largest absolute Gasteiger partial charge is 0.0656 e. The van der Waals surface area contributed by atoms with Crippen LogP contribution in [0.2, 0.25) is 0 Å². The van der Waals surface area contributed by atoms with Gasteiger partial charge in [0.05, 0.1) is 0 Å². The molecule has 0 aromatic rings. The topological polar surface area (TPSA) is 0 Å². The van der Waals surface area contributed by atoms with Crippen LogP contribution in [0.5, 0.6) is 0 Å². The molecule has 4 aliphatic carbocycles. The van der Waals surface area contributed by atoms with Crippen molar-refractivity contribution in [3.05, 3.63) is 0 Å². The molecule has 0 aromatic heterocycles. The first-order valence-corrected chi connectivity index (χ1v) is 12.4. The van der Waals surface area contributed by atoms with Gasteiger partial charge < -0.3 is 0 Å². The SMILES string of the molecule is CC1CC(C)C(C(C)(C)C2C3CCCCC3C3CCCCC32)C1.CCC. The zero-order chi connectivity index (χ0) is 18.9. The van der Waals surface area contributed by atoms with Crippen LogP contribution in [0.4, 0.5) is 0 Å². The lowest BCUT2D eigenvalue weighted by atomic mass is 9.58. The van der Waals surface area contributed by atoms with E-state index in [0.29, 0.717) is 5.41 Å². The Balaban J connectivity index is 0.000000613. The van der Waals surface area contributed by atoms with E-state index in [9.17, 15) is 0 Å². The summed E-state index contributed by atoms with van der Waals surface area (Å²) in [7, 11) is 0. The molecular weight excluding hydrogens is 312 g/mol. The second-order valence-electron chi connectivity index (χ2n) is 11.4. The average molecular weight is 361 g/mol. The van der Waals surface area contributed by atoms with Gasteiger partial charge in [-0.25, -0.2) is 0 Å². The zero-order valence-electron chi connectivity index (χ0n) is 18.9. The van der Waals surface area contributed by atoms with Gasteiger partial charge in [-0.2, -0.15) is 0 Å². The summed E-state index contributed by atoms with van der Waals surface area (Å²) < 4.78 is 0. The van der Waals surface area contributed by atoms with Crippen molar-refractivity contribution in [2.75, 3.05) is 0 Å². The predicted octanol–water partition coefficient (Wildman–Crippen LogP) is 8.35. The van der Waals surface area contributed by atoms with Crippen LogP contribution in [0.15, 0.2) is 0 Å². The van der Waals surface area contributed by atoms with Crippen LogP contribution in [0.3, 0.4) is 0 Å². The fraction of sp³-hybridized carbons (Fsp3) is 1.00. The fourth-order valence-electron chi connectivity index (χ4n) is 8.60. The molecule has 0 nitrogen and oxygen atoms in total. The summed E-state index contributed by atoms with van der Waals surface area (Å²) in [6.07, 6.45) is 16.7. The second-order valence-corrected chi connectivity index (χ2v) is 11.4. The number of hydrogen-bond donors (Lipinski definition) is 0. The first-order valence-electron chi connectivity index (χ1n) is 12.4. The molecule has 0 bridgehead atoms. The Bertz CT molecular complexity index is 413.